The number of carbonyl (C=O) groups excluding carboxylic acids is 1. The highest BCUT2D eigenvalue weighted by Crippen LogP contribution is 2.29. The zero-order chi connectivity index (χ0) is 17.5. The van der Waals surface area contributed by atoms with Gasteiger partial charge in [-0.05, 0) is 56.3 Å². The molecule has 0 atom stereocenters. The lowest BCUT2D eigenvalue weighted by atomic mass is 10.1. The molecule has 0 fully saturated rings. The molecular weight excluding hydrogens is 333 g/mol. The van der Waals surface area contributed by atoms with Crippen molar-refractivity contribution in [3.05, 3.63) is 59.6 Å². The molecule has 2 aromatic carbocycles. The number of furan rings is 1. The Balaban J connectivity index is 2.02. The second-order valence-electron chi connectivity index (χ2n) is 5.36. The Morgan fingerprint density at radius 2 is 1.79 bits per heavy atom. The summed E-state index contributed by atoms with van der Waals surface area (Å²) >= 11 is 0. The molecule has 0 aliphatic heterocycles. The average molecular weight is 347 g/mol. The maximum Gasteiger partial charge on any atom is 0.261 e. The number of benzene rings is 2. The molecule has 1 aromatic heterocycles. The number of halogens is 1. The van der Waals surface area contributed by atoms with Crippen LogP contribution in [-0.4, -0.2) is 14.2 Å². The lowest BCUT2D eigenvalue weighted by Crippen LogP contribution is -2.12. The van der Waals surface area contributed by atoms with E-state index in [9.17, 15) is 17.6 Å². The molecule has 124 valence electrons. The quantitative estimate of drug-likeness (QED) is 0.727. The fourth-order valence-electron chi connectivity index (χ4n) is 2.55. The Labute approximate surface area is 138 Å². The summed E-state index contributed by atoms with van der Waals surface area (Å²) in [4.78, 5) is 11.7. The highest BCUT2D eigenvalue weighted by molar-refractivity contribution is 7.92. The predicted octanol–water partition coefficient (Wildman–Crippen LogP) is 3.88. The summed E-state index contributed by atoms with van der Waals surface area (Å²) in [6, 6.07) is 9.19. The van der Waals surface area contributed by atoms with Crippen molar-refractivity contribution in [1.82, 2.24) is 0 Å². The van der Waals surface area contributed by atoms with Crippen molar-refractivity contribution in [3.8, 4) is 0 Å². The molecule has 0 saturated heterocycles. The smallest absolute Gasteiger partial charge is 0.261 e. The van der Waals surface area contributed by atoms with Gasteiger partial charge in [0, 0.05) is 11.1 Å². The van der Waals surface area contributed by atoms with Gasteiger partial charge in [-0.15, -0.1) is 0 Å². The van der Waals surface area contributed by atoms with Crippen LogP contribution in [0.25, 0.3) is 11.0 Å². The highest BCUT2D eigenvalue weighted by atomic mass is 32.2. The van der Waals surface area contributed by atoms with Crippen LogP contribution in [0.2, 0.25) is 0 Å². The Kier molecular flexibility index (Phi) is 3.88. The number of carbonyl (C=O) groups is 1. The van der Waals surface area contributed by atoms with Crippen molar-refractivity contribution in [2.45, 2.75) is 18.7 Å². The van der Waals surface area contributed by atoms with Gasteiger partial charge in [0.25, 0.3) is 10.0 Å². The van der Waals surface area contributed by atoms with Crippen LogP contribution in [0.4, 0.5) is 10.1 Å². The summed E-state index contributed by atoms with van der Waals surface area (Å²) in [5, 5.41) is 0.541. The van der Waals surface area contributed by atoms with Crippen LogP contribution in [0.5, 0.6) is 0 Å². The summed E-state index contributed by atoms with van der Waals surface area (Å²) in [7, 11) is -3.86. The van der Waals surface area contributed by atoms with E-state index in [0.29, 0.717) is 22.3 Å². The van der Waals surface area contributed by atoms with Gasteiger partial charge in [-0.25, -0.2) is 12.8 Å². The monoisotopic (exact) mass is 347 g/mol. The number of sulfonamides is 1. The lowest BCUT2D eigenvalue weighted by molar-refractivity contribution is 0.101. The third-order valence-electron chi connectivity index (χ3n) is 3.59. The maximum absolute atomic E-state index is 12.9. The van der Waals surface area contributed by atoms with E-state index in [-0.39, 0.29) is 16.4 Å². The minimum absolute atomic E-state index is 0.0563. The molecule has 0 aliphatic carbocycles. The number of anilines is 1. The number of nitrogens with one attached hydrogen (secondary N) is 1. The van der Waals surface area contributed by atoms with Crippen molar-refractivity contribution in [1.29, 1.82) is 0 Å². The molecule has 7 heteroatoms. The highest BCUT2D eigenvalue weighted by Gasteiger charge is 2.18. The van der Waals surface area contributed by atoms with E-state index in [0.717, 1.165) is 12.1 Å². The Hall–Kier alpha value is -2.67. The summed E-state index contributed by atoms with van der Waals surface area (Å²) < 4.78 is 45.6. The first-order chi connectivity index (χ1) is 11.3. The summed E-state index contributed by atoms with van der Waals surface area (Å²) in [6.45, 7) is 3.10. The molecule has 3 aromatic rings. The number of hydrogen-bond acceptors (Lipinski definition) is 4. The molecule has 0 unspecified atom stereocenters. The molecule has 24 heavy (non-hydrogen) atoms. The molecule has 0 saturated carbocycles. The predicted molar refractivity (Wildman–Crippen MR) is 88.2 cm³/mol. The van der Waals surface area contributed by atoms with Crippen LogP contribution in [0.1, 0.15) is 23.0 Å². The van der Waals surface area contributed by atoms with Crippen LogP contribution in [-0.2, 0) is 10.0 Å². The second-order valence-corrected chi connectivity index (χ2v) is 7.04. The number of fused-ring (bicyclic) bond motifs is 1. The molecule has 0 aliphatic rings. The van der Waals surface area contributed by atoms with Crippen molar-refractivity contribution < 1.29 is 22.0 Å². The van der Waals surface area contributed by atoms with E-state index < -0.39 is 15.8 Å². The Morgan fingerprint density at radius 3 is 2.42 bits per heavy atom. The van der Waals surface area contributed by atoms with E-state index in [4.69, 9.17) is 4.42 Å². The summed E-state index contributed by atoms with van der Waals surface area (Å²) in [6.07, 6.45) is 0. The molecule has 3 rings (SSSR count). The number of rotatable bonds is 4. The van der Waals surface area contributed by atoms with Crippen LogP contribution < -0.4 is 4.72 Å². The largest absolute Gasteiger partial charge is 0.461 e. The molecule has 0 radical (unpaired) electrons. The number of Topliss-reactive ketones (excluding diaryl/α,β-unsaturated/α-hetero) is 1. The number of aryl methyl sites for hydroxylation is 1. The van der Waals surface area contributed by atoms with E-state index >= 15 is 0 Å². The van der Waals surface area contributed by atoms with Crippen LogP contribution in [0.3, 0.4) is 0 Å². The molecule has 1 N–H and O–H groups in total. The van der Waals surface area contributed by atoms with E-state index in [1.165, 1.54) is 25.1 Å². The van der Waals surface area contributed by atoms with Crippen molar-refractivity contribution >= 4 is 32.5 Å². The van der Waals surface area contributed by atoms with Gasteiger partial charge in [-0.1, -0.05) is 0 Å². The van der Waals surface area contributed by atoms with E-state index in [1.807, 2.05) is 0 Å². The van der Waals surface area contributed by atoms with Crippen LogP contribution in [0.15, 0.2) is 51.8 Å². The third kappa shape index (κ3) is 2.90. The lowest BCUT2D eigenvalue weighted by Gasteiger charge is -2.08. The summed E-state index contributed by atoms with van der Waals surface area (Å²) in [5.74, 6) is -0.198. The third-order valence-corrected chi connectivity index (χ3v) is 4.99. The standard InChI is InChI=1S/C17H14FNO4S/c1-10(20)17-11(2)23-16-8-5-13(9-15(16)17)19-24(21,22)14-6-3-12(18)4-7-14/h3-9,19H,1-2H3. The Bertz CT molecular complexity index is 1040. The summed E-state index contributed by atoms with van der Waals surface area (Å²) in [5.41, 5.74) is 1.21. The van der Waals surface area contributed by atoms with Gasteiger partial charge in [-0.2, -0.15) is 0 Å². The molecular formula is C17H14FNO4S. The van der Waals surface area contributed by atoms with Crippen molar-refractivity contribution in [3.63, 3.8) is 0 Å². The van der Waals surface area contributed by atoms with Crippen LogP contribution in [0, 0.1) is 12.7 Å². The maximum atomic E-state index is 12.9. The topological polar surface area (TPSA) is 76.4 Å². The molecule has 5 nitrogen and oxygen atoms in total. The zero-order valence-corrected chi connectivity index (χ0v) is 13.8. The van der Waals surface area contributed by atoms with Crippen molar-refractivity contribution in [2.24, 2.45) is 0 Å². The van der Waals surface area contributed by atoms with Gasteiger partial charge < -0.3 is 4.42 Å². The molecule has 1 heterocycles. The molecule has 0 spiro atoms. The SMILES string of the molecule is CC(=O)c1c(C)oc2ccc(NS(=O)(=O)c3ccc(F)cc3)cc12. The first-order valence-electron chi connectivity index (χ1n) is 7.10. The van der Waals surface area contributed by atoms with Gasteiger partial charge in [-0.3, -0.25) is 9.52 Å². The first-order valence-corrected chi connectivity index (χ1v) is 8.59. The van der Waals surface area contributed by atoms with Gasteiger partial charge in [0.1, 0.15) is 17.2 Å². The van der Waals surface area contributed by atoms with Crippen molar-refractivity contribution in [2.75, 3.05) is 4.72 Å². The van der Waals surface area contributed by atoms with Gasteiger partial charge in [0.05, 0.1) is 10.5 Å². The normalized spacial score (nSPS) is 11.6. The fourth-order valence-corrected chi connectivity index (χ4v) is 3.60. The zero-order valence-electron chi connectivity index (χ0n) is 13.0. The second kappa shape index (κ2) is 5.76. The van der Waals surface area contributed by atoms with E-state index in [2.05, 4.69) is 4.72 Å². The molecule has 0 bridgehead atoms. The minimum Gasteiger partial charge on any atom is -0.461 e. The van der Waals surface area contributed by atoms with Gasteiger partial charge in [0.15, 0.2) is 5.78 Å². The van der Waals surface area contributed by atoms with Crippen LogP contribution >= 0.6 is 0 Å². The molecule has 0 amide bonds. The van der Waals surface area contributed by atoms with Gasteiger partial charge in [0.2, 0.25) is 0 Å². The first kappa shape index (κ1) is 16.2. The Morgan fingerprint density at radius 1 is 1.12 bits per heavy atom. The number of ketones is 1. The average Bonchev–Trinajstić information content (AvgIpc) is 2.82. The number of hydrogen-bond donors (Lipinski definition) is 1. The van der Waals surface area contributed by atoms with E-state index in [1.54, 1.807) is 19.1 Å². The fraction of sp³-hybridized carbons (Fsp3) is 0.118. The minimum atomic E-state index is -3.86. The van der Waals surface area contributed by atoms with Gasteiger partial charge >= 0.3 is 0 Å².